The molecule has 11 nitrogen and oxygen atoms in total. The lowest BCUT2D eigenvalue weighted by molar-refractivity contribution is -0.138. The maximum absolute atomic E-state index is 12.9. The molecule has 12 heteroatoms. The van der Waals surface area contributed by atoms with Crippen LogP contribution in [0.5, 0.6) is 5.75 Å². The lowest BCUT2D eigenvalue weighted by Crippen LogP contribution is -2.37. The van der Waals surface area contributed by atoms with E-state index in [4.69, 9.17) is 9.84 Å². The van der Waals surface area contributed by atoms with Crippen LogP contribution in [0.1, 0.15) is 56.2 Å². The molecule has 5 rings (SSSR count). The van der Waals surface area contributed by atoms with E-state index < -0.39 is 21.1 Å². The fourth-order valence-electron chi connectivity index (χ4n) is 5.71. The number of aryl methyl sites for hydroxylation is 1. The molecule has 1 fully saturated rings. The van der Waals surface area contributed by atoms with Crippen molar-refractivity contribution in [1.29, 1.82) is 0 Å². The second-order valence-corrected chi connectivity index (χ2v) is 13.5. The van der Waals surface area contributed by atoms with Crippen LogP contribution in [-0.4, -0.2) is 70.3 Å². The molecule has 2 aliphatic heterocycles. The van der Waals surface area contributed by atoms with Crippen LogP contribution >= 0.6 is 0 Å². The van der Waals surface area contributed by atoms with Crippen molar-refractivity contribution in [3.05, 3.63) is 53.3 Å². The third kappa shape index (κ3) is 6.13. The maximum atomic E-state index is 12.9. The van der Waals surface area contributed by atoms with Crippen molar-refractivity contribution < 1.29 is 23.1 Å². The summed E-state index contributed by atoms with van der Waals surface area (Å²) in [7, 11) is -3.52. The molecule has 41 heavy (non-hydrogen) atoms. The predicted molar refractivity (Wildman–Crippen MR) is 156 cm³/mol. The lowest BCUT2D eigenvalue weighted by atomic mass is 9.82. The van der Waals surface area contributed by atoms with E-state index in [0.29, 0.717) is 17.6 Å². The third-order valence-electron chi connectivity index (χ3n) is 7.67. The number of anilines is 4. The molecular weight excluding hydrogens is 544 g/mol. The topological polar surface area (TPSA) is 147 Å². The van der Waals surface area contributed by atoms with Crippen molar-refractivity contribution in [3.63, 3.8) is 0 Å². The number of piperidine rings is 1. The van der Waals surface area contributed by atoms with Crippen molar-refractivity contribution in [2.75, 3.05) is 30.3 Å². The van der Waals surface area contributed by atoms with Gasteiger partial charge in [-0.1, -0.05) is 12.1 Å². The molecule has 0 amide bonds. The molecule has 0 bridgehead atoms. The van der Waals surface area contributed by atoms with Crippen LogP contribution in [0.2, 0.25) is 0 Å². The number of benzene rings is 2. The molecule has 0 spiro atoms. The average Bonchev–Trinajstić information content (AvgIpc) is 3.31. The van der Waals surface area contributed by atoms with E-state index in [2.05, 4.69) is 38.6 Å². The first-order chi connectivity index (χ1) is 19.5. The van der Waals surface area contributed by atoms with Crippen molar-refractivity contribution in [1.82, 2.24) is 19.9 Å². The van der Waals surface area contributed by atoms with Crippen LogP contribution in [-0.2, 0) is 21.1 Å². The first-order valence-electron chi connectivity index (χ1n) is 13.9. The smallest absolute Gasteiger partial charge is 0.317 e. The average molecular weight is 581 g/mol. The number of aromatic nitrogens is 3. The van der Waals surface area contributed by atoms with Crippen molar-refractivity contribution >= 4 is 39.1 Å². The van der Waals surface area contributed by atoms with Gasteiger partial charge < -0.3 is 20.5 Å². The van der Waals surface area contributed by atoms with Gasteiger partial charge in [0.2, 0.25) is 11.9 Å². The van der Waals surface area contributed by atoms with Gasteiger partial charge in [-0.15, -0.1) is 0 Å². The summed E-state index contributed by atoms with van der Waals surface area (Å²) in [6, 6.07) is 8.75. The highest BCUT2D eigenvalue weighted by Crippen LogP contribution is 2.45. The number of carboxylic acid groups (broad SMARTS) is 1. The lowest BCUT2D eigenvalue weighted by Gasteiger charge is -2.33. The van der Waals surface area contributed by atoms with Crippen LogP contribution in [0.3, 0.4) is 0 Å². The number of ether oxygens (including phenoxy) is 1. The maximum Gasteiger partial charge on any atom is 0.317 e. The van der Waals surface area contributed by atoms with Crippen molar-refractivity contribution in [2.24, 2.45) is 0 Å². The van der Waals surface area contributed by atoms with Crippen molar-refractivity contribution in [3.8, 4) is 5.75 Å². The van der Waals surface area contributed by atoms with Gasteiger partial charge in [0, 0.05) is 12.0 Å². The Kier molecular flexibility index (Phi) is 8.14. The highest BCUT2D eigenvalue weighted by atomic mass is 32.2. The van der Waals surface area contributed by atoms with E-state index in [0.717, 1.165) is 49.4 Å². The minimum atomic E-state index is -3.52. The zero-order valence-corrected chi connectivity index (χ0v) is 24.5. The summed E-state index contributed by atoms with van der Waals surface area (Å²) >= 11 is 0. The molecule has 0 unspecified atom stereocenters. The SMILES string of the molecule is Cc1cc(Nc2ncnc(Nc3ccccc3S(=O)(=O)C(C)C)n2)c2c(c1C1CCN(CC(=O)O)CC1)C[C@@H](C)O2. The zero-order valence-electron chi connectivity index (χ0n) is 23.7. The molecule has 2 aliphatic rings. The van der Waals surface area contributed by atoms with E-state index in [1.165, 1.54) is 17.5 Å². The van der Waals surface area contributed by atoms with Gasteiger partial charge >= 0.3 is 5.97 Å². The summed E-state index contributed by atoms with van der Waals surface area (Å²) in [5.41, 5.74) is 4.77. The Hall–Kier alpha value is -3.77. The molecule has 3 aromatic rings. The molecular formula is C29H36N6O5S. The summed E-state index contributed by atoms with van der Waals surface area (Å²) in [6.45, 7) is 9.02. The number of nitrogens with one attached hydrogen (secondary N) is 2. The Labute approximate surface area is 240 Å². The minimum absolute atomic E-state index is 0.0215. The molecule has 0 saturated carbocycles. The molecule has 3 N–H and O–H groups in total. The quantitative estimate of drug-likeness (QED) is 0.330. The molecule has 0 radical (unpaired) electrons. The Bertz CT molecular complexity index is 1550. The number of hydrogen-bond donors (Lipinski definition) is 3. The fraction of sp³-hybridized carbons (Fsp3) is 0.448. The Balaban J connectivity index is 1.39. The number of rotatable bonds is 9. The summed E-state index contributed by atoms with van der Waals surface area (Å²) in [5.74, 6) is 0.841. The number of likely N-dealkylation sites (tertiary alicyclic amines) is 1. The number of hydrogen-bond acceptors (Lipinski definition) is 10. The molecule has 0 aliphatic carbocycles. The normalized spacial score (nSPS) is 17.7. The monoisotopic (exact) mass is 580 g/mol. The van der Waals surface area contributed by atoms with Gasteiger partial charge in [-0.05, 0) is 88.9 Å². The number of para-hydroxylation sites is 1. The Morgan fingerprint density at radius 2 is 1.78 bits per heavy atom. The van der Waals surface area contributed by atoms with Crippen molar-refractivity contribution in [2.45, 2.75) is 69.1 Å². The second kappa shape index (κ2) is 11.6. The molecule has 1 aromatic heterocycles. The second-order valence-electron chi connectivity index (χ2n) is 11.0. The number of aliphatic carboxylic acids is 1. The Morgan fingerprint density at radius 1 is 1.12 bits per heavy atom. The van der Waals surface area contributed by atoms with E-state index in [1.54, 1.807) is 38.1 Å². The number of carboxylic acids is 1. The van der Waals surface area contributed by atoms with Crippen LogP contribution in [0.15, 0.2) is 41.6 Å². The van der Waals surface area contributed by atoms with E-state index in [-0.39, 0.29) is 23.5 Å². The third-order valence-corrected chi connectivity index (χ3v) is 9.88. The van der Waals surface area contributed by atoms with E-state index >= 15 is 0 Å². The molecule has 218 valence electrons. The molecule has 3 heterocycles. The number of fused-ring (bicyclic) bond motifs is 1. The highest BCUT2D eigenvalue weighted by molar-refractivity contribution is 7.92. The fourth-order valence-corrected chi connectivity index (χ4v) is 6.91. The summed E-state index contributed by atoms with van der Waals surface area (Å²) < 4.78 is 32.0. The molecule has 1 atom stereocenters. The van der Waals surface area contributed by atoms with Gasteiger partial charge in [-0.3, -0.25) is 9.69 Å². The number of nitrogens with zero attached hydrogens (tertiary/aromatic N) is 4. The van der Waals surface area contributed by atoms with Gasteiger partial charge in [-0.2, -0.15) is 4.98 Å². The first-order valence-corrected chi connectivity index (χ1v) is 15.4. The predicted octanol–water partition coefficient (Wildman–Crippen LogP) is 4.44. The van der Waals surface area contributed by atoms with Crippen LogP contribution in [0, 0.1) is 6.92 Å². The van der Waals surface area contributed by atoms with E-state index in [1.807, 2.05) is 11.8 Å². The summed E-state index contributed by atoms with van der Waals surface area (Å²) in [6.07, 6.45) is 3.98. The zero-order chi connectivity index (χ0) is 29.3. The van der Waals surface area contributed by atoms with Gasteiger partial charge in [0.25, 0.3) is 0 Å². The van der Waals surface area contributed by atoms with Gasteiger partial charge in [-0.25, -0.2) is 18.4 Å². The van der Waals surface area contributed by atoms with Gasteiger partial charge in [0.15, 0.2) is 9.84 Å². The van der Waals surface area contributed by atoms with E-state index in [9.17, 15) is 13.2 Å². The van der Waals surface area contributed by atoms with Crippen LogP contribution in [0.4, 0.5) is 23.3 Å². The summed E-state index contributed by atoms with van der Waals surface area (Å²) in [4.78, 5) is 26.3. The Morgan fingerprint density at radius 3 is 2.44 bits per heavy atom. The first kappa shape index (κ1) is 28.7. The molecule has 1 saturated heterocycles. The number of sulfone groups is 1. The highest BCUT2D eigenvalue weighted by Gasteiger charge is 2.32. The van der Waals surface area contributed by atoms with Crippen LogP contribution in [0.25, 0.3) is 0 Å². The largest absolute Gasteiger partial charge is 0.488 e. The molecule has 2 aromatic carbocycles. The minimum Gasteiger partial charge on any atom is -0.488 e. The standard InChI is InChI=1S/C29H36N6O5S/c1-17(2)41(38,39)24-8-6-5-7-22(24)32-28-30-16-31-29(34-28)33-23-13-18(3)26(21-14-19(4)40-27(21)23)20-9-11-35(12-10-20)15-25(36)37/h5-8,13,16-17,19-20H,9-12,14-15H2,1-4H3,(H,36,37)(H2,30,31,32,33,34)/t19-/m1/s1. The number of carbonyl (C=O) groups is 1. The summed E-state index contributed by atoms with van der Waals surface area (Å²) in [5, 5.41) is 14.9. The van der Waals surface area contributed by atoms with Gasteiger partial charge in [0.05, 0.1) is 28.1 Å². The van der Waals surface area contributed by atoms with Crippen LogP contribution < -0.4 is 15.4 Å². The van der Waals surface area contributed by atoms with Gasteiger partial charge in [0.1, 0.15) is 18.2 Å².